The molecular formula is C24H30O4. The Hall–Kier alpha value is -2.62. The van der Waals surface area contributed by atoms with Gasteiger partial charge in [-0.15, -0.1) is 0 Å². The zero-order valence-electron chi connectivity index (χ0n) is 17.2. The third-order valence-electron chi connectivity index (χ3n) is 4.58. The van der Waals surface area contributed by atoms with Crippen LogP contribution < -0.4 is 0 Å². The highest BCUT2D eigenvalue weighted by Crippen LogP contribution is 2.25. The van der Waals surface area contributed by atoms with Crippen LogP contribution in [0.2, 0.25) is 0 Å². The Morgan fingerprint density at radius 1 is 1.07 bits per heavy atom. The smallest absolute Gasteiger partial charge is 0.307 e. The average Bonchev–Trinajstić information content (AvgIpc) is 2.60. The van der Waals surface area contributed by atoms with Crippen molar-refractivity contribution in [3.8, 4) is 11.1 Å². The van der Waals surface area contributed by atoms with Gasteiger partial charge in [-0.2, -0.15) is 0 Å². The lowest BCUT2D eigenvalue weighted by Gasteiger charge is -2.21. The van der Waals surface area contributed by atoms with Crippen LogP contribution in [0.15, 0.2) is 48.5 Å². The van der Waals surface area contributed by atoms with Crippen molar-refractivity contribution in [2.24, 2.45) is 5.92 Å². The number of ether oxygens (including phenoxy) is 1. The first-order valence-corrected chi connectivity index (χ1v) is 9.75. The quantitative estimate of drug-likeness (QED) is 0.619. The van der Waals surface area contributed by atoms with Gasteiger partial charge in [-0.1, -0.05) is 48.5 Å². The van der Waals surface area contributed by atoms with E-state index in [0.717, 1.165) is 6.42 Å². The number of hydrogen-bond acceptors (Lipinski definition) is 3. The molecule has 2 rings (SSSR count). The molecule has 0 radical (unpaired) electrons. The van der Waals surface area contributed by atoms with Crippen molar-refractivity contribution in [2.45, 2.75) is 59.0 Å². The van der Waals surface area contributed by atoms with Gasteiger partial charge < -0.3 is 9.84 Å². The minimum atomic E-state index is -0.943. The van der Waals surface area contributed by atoms with Gasteiger partial charge >= 0.3 is 11.9 Å². The molecule has 4 nitrogen and oxygen atoms in total. The minimum Gasteiger partial charge on any atom is -0.481 e. The number of aliphatic carboxylic acids is 1. The topological polar surface area (TPSA) is 63.6 Å². The van der Waals surface area contributed by atoms with E-state index in [1.54, 1.807) is 20.8 Å². The van der Waals surface area contributed by atoms with Gasteiger partial charge in [0.1, 0.15) is 5.60 Å². The molecular weight excluding hydrogens is 352 g/mol. The second-order valence-electron chi connectivity index (χ2n) is 8.23. The first kappa shape index (κ1) is 21.7. The number of carbonyl (C=O) groups is 2. The molecule has 0 aliphatic heterocycles. The van der Waals surface area contributed by atoms with E-state index < -0.39 is 23.5 Å². The standard InChI is InChI=1S/C24H30O4/c1-17-15-18(13-14-21(17)19-10-6-5-7-11-19)9-8-12-20(23(26)27)16-22(25)28-24(2,3)4/h5-7,10-11,13-15,20H,8-9,12,16H2,1-4H3,(H,26,27). The number of carbonyl (C=O) groups excluding carboxylic acids is 1. The summed E-state index contributed by atoms with van der Waals surface area (Å²) in [6.45, 7) is 7.43. The van der Waals surface area contributed by atoms with Crippen molar-refractivity contribution in [2.75, 3.05) is 0 Å². The predicted molar refractivity (Wildman–Crippen MR) is 111 cm³/mol. The van der Waals surface area contributed by atoms with Gasteiger partial charge in [0, 0.05) is 0 Å². The number of aryl methyl sites for hydroxylation is 2. The van der Waals surface area contributed by atoms with Gasteiger partial charge in [0.05, 0.1) is 12.3 Å². The molecule has 0 fully saturated rings. The summed E-state index contributed by atoms with van der Waals surface area (Å²) < 4.78 is 5.25. The normalized spacial score (nSPS) is 12.4. The Balaban J connectivity index is 1.92. The van der Waals surface area contributed by atoms with Gasteiger partial charge in [-0.25, -0.2) is 0 Å². The van der Waals surface area contributed by atoms with Crippen LogP contribution in [0, 0.1) is 12.8 Å². The zero-order valence-corrected chi connectivity index (χ0v) is 17.2. The fraction of sp³-hybridized carbons (Fsp3) is 0.417. The fourth-order valence-corrected chi connectivity index (χ4v) is 3.27. The van der Waals surface area contributed by atoms with Crippen LogP contribution in [0.1, 0.15) is 51.2 Å². The van der Waals surface area contributed by atoms with Gasteiger partial charge in [0.2, 0.25) is 0 Å². The highest BCUT2D eigenvalue weighted by Gasteiger charge is 2.24. The monoisotopic (exact) mass is 382 g/mol. The molecule has 0 aliphatic rings. The number of carboxylic acid groups (broad SMARTS) is 1. The van der Waals surface area contributed by atoms with Crippen LogP contribution in [-0.4, -0.2) is 22.6 Å². The van der Waals surface area contributed by atoms with Crippen LogP contribution in [0.25, 0.3) is 11.1 Å². The lowest BCUT2D eigenvalue weighted by Crippen LogP contribution is -2.27. The summed E-state index contributed by atoms with van der Waals surface area (Å²) in [5.41, 5.74) is 4.18. The molecule has 0 saturated carbocycles. The van der Waals surface area contributed by atoms with Crippen LogP contribution in [0.4, 0.5) is 0 Å². The second kappa shape index (κ2) is 9.54. The highest BCUT2D eigenvalue weighted by molar-refractivity contribution is 5.79. The highest BCUT2D eigenvalue weighted by atomic mass is 16.6. The summed E-state index contributed by atoms with van der Waals surface area (Å²) in [6, 6.07) is 16.6. The fourth-order valence-electron chi connectivity index (χ4n) is 3.27. The van der Waals surface area contributed by atoms with Gasteiger partial charge in [-0.05, 0) is 69.2 Å². The van der Waals surface area contributed by atoms with Crippen molar-refractivity contribution in [1.29, 1.82) is 0 Å². The van der Waals surface area contributed by atoms with Gasteiger partial charge in [0.25, 0.3) is 0 Å². The van der Waals surface area contributed by atoms with E-state index in [0.29, 0.717) is 12.8 Å². The van der Waals surface area contributed by atoms with E-state index in [2.05, 4.69) is 37.3 Å². The summed E-state index contributed by atoms with van der Waals surface area (Å²) in [7, 11) is 0. The van der Waals surface area contributed by atoms with E-state index in [1.165, 1.54) is 22.3 Å². The number of rotatable bonds is 8. The van der Waals surface area contributed by atoms with Crippen LogP contribution >= 0.6 is 0 Å². The van der Waals surface area contributed by atoms with Crippen LogP contribution in [-0.2, 0) is 20.7 Å². The number of benzene rings is 2. The first-order valence-electron chi connectivity index (χ1n) is 9.75. The van der Waals surface area contributed by atoms with E-state index in [1.807, 2.05) is 18.2 Å². The summed E-state index contributed by atoms with van der Waals surface area (Å²) >= 11 is 0. The first-order chi connectivity index (χ1) is 13.2. The molecule has 4 heteroatoms. The largest absolute Gasteiger partial charge is 0.481 e. The Kier molecular flexibility index (Phi) is 7.38. The molecule has 28 heavy (non-hydrogen) atoms. The molecule has 1 unspecified atom stereocenters. The molecule has 1 atom stereocenters. The molecule has 0 spiro atoms. The maximum atomic E-state index is 11.9. The zero-order chi connectivity index (χ0) is 20.7. The summed E-state index contributed by atoms with van der Waals surface area (Å²) in [5.74, 6) is -2.11. The summed E-state index contributed by atoms with van der Waals surface area (Å²) in [5, 5.41) is 9.42. The van der Waals surface area contributed by atoms with E-state index in [9.17, 15) is 14.7 Å². The Morgan fingerprint density at radius 2 is 1.75 bits per heavy atom. The minimum absolute atomic E-state index is 0.0847. The Bertz CT molecular complexity index is 803. The number of carboxylic acids is 1. The Labute approximate surface area is 167 Å². The van der Waals surface area contributed by atoms with Crippen molar-refractivity contribution in [3.05, 3.63) is 59.7 Å². The second-order valence-corrected chi connectivity index (χ2v) is 8.23. The maximum Gasteiger partial charge on any atom is 0.307 e. The van der Waals surface area contributed by atoms with Crippen LogP contribution in [0.3, 0.4) is 0 Å². The SMILES string of the molecule is Cc1cc(CCCC(CC(=O)OC(C)(C)C)C(=O)O)ccc1-c1ccccc1. The summed E-state index contributed by atoms with van der Waals surface area (Å²) in [4.78, 5) is 23.4. The van der Waals surface area contributed by atoms with Gasteiger partial charge in [0.15, 0.2) is 0 Å². The predicted octanol–water partition coefficient (Wildman–Crippen LogP) is 5.42. The number of esters is 1. The molecule has 2 aromatic rings. The number of hydrogen-bond donors (Lipinski definition) is 1. The van der Waals surface area contributed by atoms with Crippen LogP contribution in [0.5, 0.6) is 0 Å². The molecule has 150 valence electrons. The van der Waals surface area contributed by atoms with Gasteiger partial charge in [-0.3, -0.25) is 9.59 Å². The van der Waals surface area contributed by atoms with Crippen molar-refractivity contribution >= 4 is 11.9 Å². The molecule has 0 saturated heterocycles. The molecule has 0 aromatic heterocycles. The molecule has 0 amide bonds. The van der Waals surface area contributed by atoms with E-state index in [-0.39, 0.29) is 6.42 Å². The molecule has 1 N–H and O–H groups in total. The summed E-state index contributed by atoms with van der Waals surface area (Å²) in [6.07, 6.45) is 1.87. The lowest BCUT2D eigenvalue weighted by atomic mass is 9.94. The maximum absolute atomic E-state index is 11.9. The molecule has 0 aliphatic carbocycles. The molecule has 2 aromatic carbocycles. The third-order valence-corrected chi connectivity index (χ3v) is 4.58. The van der Waals surface area contributed by atoms with Crippen molar-refractivity contribution < 1.29 is 19.4 Å². The molecule has 0 bridgehead atoms. The van der Waals surface area contributed by atoms with Crippen molar-refractivity contribution in [3.63, 3.8) is 0 Å². The van der Waals surface area contributed by atoms with E-state index in [4.69, 9.17) is 4.74 Å². The van der Waals surface area contributed by atoms with Crippen molar-refractivity contribution in [1.82, 2.24) is 0 Å². The third kappa shape index (κ3) is 6.84. The Morgan fingerprint density at radius 3 is 2.32 bits per heavy atom. The lowest BCUT2D eigenvalue weighted by molar-refractivity contribution is -0.160. The molecule has 0 heterocycles. The average molecular weight is 383 g/mol. The van der Waals surface area contributed by atoms with E-state index >= 15 is 0 Å².